The zero-order chi connectivity index (χ0) is 21.0. The molecule has 0 aromatic heterocycles. The summed E-state index contributed by atoms with van der Waals surface area (Å²) in [4.78, 5) is 16.6. The molecule has 0 N–H and O–H groups in total. The fraction of sp³-hybridized carbons (Fsp3) is 0.238. The van der Waals surface area contributed by atoms with Gasteiger partial charge in [-0.2, -0.15) is 4.31 Å². The number of nitrogens with zero attached hydrogens (tertiary/aromatic N) is 2. The van der Waals surface area contributed by atoms with E-state index >= 15 is 0 Å². The summed E-state index contributed by atoms with van der Waals surface area (Å²) in [5.74, 6) is 0.191. The minimum atomic E-state index is -3.62. The summed E-state index contributed by atoms with van der Waals surface area (Å²) in [6.45, 7) is 4.30. The number of ether oxygens (including phenoxy) is 2. The van der Waals surface area contributed by atoms with E-state index in [1.54, 1.807) is 63.4 Å². The van der Waals surface area contributed by atoms with Gasteiger partial charge in [0.15, 0.2) is 5.70 Å². The Labute approximate surface area is 170 Å². The largest absolute Gasteiger partial charge is 0.497 e. The van der Waals surface area contributed by atoms with Crippen LogP contribution in [0.15, 0.2) is 64.1 Å². The summed E-state index contributed by atoms with van der Waals surface area (Å²) < 4.78 is 37.2. The van der Waals surface area contributed by atoms with Crippen LogP contribution >= 0.6 is 0 Å². The molecule has 8 heteroatoms. The number of benzene rings is 2. The summed E-state index contributed by atoms with van der Waals surface area (Å²) in [7, 11) is -2.05. The highest BCUT2D eigenvalue weighted by Gasteiger charge is 2.27. The molecule has 0 amide bonds. The summed E-state index contributed by atoms with van der Waals surface area (Å²) in [6, 6.07) is 13.4. The fourth-order valence-electron chi connectivity index (χ4n) is 2.89. The molecule has 0 fully saturated rings. The Morgan fingerprint density at radius 2 is 1.79 bits per heavy atom. The number of sulfonamides is 1. The second-order valence-electron chi connectivity index (χ2n) is 6.23. The third-order valence-corrected chi connectivity index (χ3v) is 6.51. The van der Waals surface area contributed by atoms with Gasteiger partial charge in [-0.25, -0.2) is 18.2 Å². The Morgan fingerprint density at radius 3 is 2.41 bits per heavy atom. The second-order valence-corrected chi connectivity index (χ2v) is 8.16. The predicted molar refractivity (Wildman–Crippen MR) is 110 cm³/mol. The highest BCUT2D eigenvalue weighted by molar-refractivity contribution is 7.89. The number of rotatable bonds is 7. The van der Waals surface area contributed by atoms with Gasteiger partial charge in [0.25, 0.3) is 0 Å². The zero-order valence-electron chi connectivity index (χ0n) is 16.5. The molecule has 0 spiro atoms. The maximum Gasteiger partial charge on any atom is 0.363 e. The molecule has 0 radical (unpaired) electrons. The zero-order valence-corrected chi connectivity index (χ0v) is 17.3. The van der Waals surface area contributed by atoms with E-state index in [1.165, 1.54) is 16.4 Å². The Balaban J connectivity index is 1.92. The number of hydrogen-bond donors (Lipinski definition) is 0. The van der Waals surface area contributed by atoms with E-state index in [2.05, 4.69) is 4.99 Å². The van der Waals surface area contributed by atoms with Crippen molar-refractivity contribution in [3.63, 3.8) is 0 Å². The quantitative estimate of drug-likeness (QED) is 0.513. The number of aliphatic imine (C=N–C) groups is 1. The highest BCUT2D eigenvalue weighted by atomic mass is 32.2. The van der Waals surface area contributed by atoms with Crippen molar-refractivity contribution in [1.82, 2.24) is 4.31 Å². The first kappa shape index (κ1) is 20.8. The molecule has 0 saturated carbocycles. The van der Waals surface area contributed by atoms with Gasteiger partial charge in [0.2, 0.25) is 15.9 Å². The van der Waals surface area contributed by atoms with E-state index in [-0.39, 0.29) is 16.5 Å². The molecular formula is C21H22N2O5S. The minimum Gasteiger partial charge on any atom is -0.497 e. The summed E-state index contributed by atoms with van der Waals surface area (Å²) in [6.07, 6.45) is 1.60. The fourth-order valence-corrected chi connectivity index (χ4v) is 4.40. The molecule has 0 bridgehead atoms. The van der Waals surface area contributed by atoms with Crippen LogP contribution in [0.1, 0.15) is 25.0 Å². The number of hydrogen-bond acceptors (Lipinski definition) is 6. The summed E-state index contributed by atoms with van der Waals surface area (Å²) >= 11 is 0. The number of methoxy groups -OCH3 is 1. The van der Waals surface area contributed by atoms with Gasteiger partial charge in [0.1, 0.15) is 5.75 Å². The molecule has 2 aromatic carbocycles. The van der Waals surface area contributed by atoms with Crippen molar-refractivity contribution >= 4 is 28.0 Å². The first-order valence-electron chi connectivity index (χ1n) is 9.16. The minimum absolute atomic E-state index is 0.0753. The normalized spacial score (nSPS) is 15.5. The predicted octanol–water partition coefficient (Wildman–Crippen LogP) is 3.07. The third-order valence-electron chi connectivity index (χ3n) is 4.46. The number of esters is 1. The third kappa shape index (κ3) is 4.38. The standard InChI is InChI=1S/C21H22N2O5S/c1-4-23(5-2)29(25,26)18-8-6-7-16(14-18)20-22-19(21(24)28-20)13-15-9-11-17(27-3)12-10-15/h6-14H,4-5H2,1-3H3/b19-13-. The van der Waals surface area contributed by atoms with E-state index in [0.717, 1.165) is 5.56 Å². The van der Waals surface area contributed by atoms with Gasteiger partial charge >= 0.3 is 5.97 Å². The number of carbonyl (C=O) groups excluding carboxylic acids is 1. The van der Waals surface area contributed by atoms with Crippen LogP contribution in [0.2, 0.25) is 0 Å². The molecule has 0 atom stereocenters. The topological polar surface area (TPSA) is 85.3 Å². The van der Waals surface area contributed by atoms with E-state index in [4.69, 9.17) is 9.47 Å². The van der Waals surface area contributed by atoms with Crippen molar-refractivity contribution < 1.29 is 22.7 Å². The van der Waals surface area contributed by atoms with Crippen molar-refractivity contribution in [2.75, 3.05) is 20.2 Å². The van der Waals surface area contributed by atoms with E-state index in [1.807, 2.05) is 0 Å². The van der Waals surface area contributed by atoms with E-state index < -0.39 is 16.0 Å². The second kappa shape index (κ2) is 8.59. The number of carbonyl (C=O) groups is 1. The Kier molecular flexibility index (Phi) is 6.14. The molecule has 0 saturated heterocycles. The smallest absolute Gasteiger partial charge is 0.363 e. The first-order valence-corrected chi connectivity index (χ1v) is 10.6. The number of cyclic esters (lactones) is 1. The van der Waals surface area contributed by atoms with Crippen molar-refractivity contribution in [1.29, 1.82) is 0 Å². The Bertz CT molecular complexity index is 1070. The molecular weight excluding hydrogens is 392 g/mol. The van der Waals surface area contributed by atoms with Crippen LogP contribution in [0.25, 0.3) is 6.08 Å². The van der Waals surface area contributed by atoms with Crippen molar-refractivity contribution in [3.05, 3.63) is 65.4 Å². The van der Waals surface area contributed by atoms with Crippen molar-refractivity contribution in [3.8, 4) is 5.75 Å². The van der Waals surface area contributed by atoms with Crippen LogP contribution in [0.4, 0.5) is 0 Å². The lowest BCUT2D eigenvalue weighted by atomic mass is 10.2. The Hall–Kier alpha value is -2.97. The van der Waals surface area contributed by atoms with Gasteiger partial charge in [0, 0.05) is 18.7 Å². The maximum absolute atomic E-state index is 12.7. The maximum atomic E-state index is 12.7. The molecule has 2 aromatic rings. The SMILES string of the molecule is CCN(CC)S(=O)(=O)c1cccc(C2=N/C(=C\c3ccc(OC)cc3)C(=O)O2)c1. The van der Waals surface area contributed by atoms with Crippen molar-refractivity contribution in [2.45, 2.75) is 18.7 Å². The average molecular weight is 414 g/mol. The van der Waals surface area contributed by atoms with E-state index in [0.29, 0.717) is 24.4 Å². The van der Waals surface area contributed by atoms with E-state index in [9.17, 15) is 13.2 Å². The average Bonchev–Trinajstić information content (AvgIpc) is 3.10. The lowest BCUT2D eigenvalue weighted by Crippen LogP contribution is -2.30. The monoisotopic (exact) mass is 414 g/mol. The molecule has 29 heavy (non-hydrogen) atoms. The molecule has 0 unspecified atom stereocenters. The van der Waals surface area contributed by atoms with Gasteiger partial charge in [-0.1, -0.05) is 32.0 Å². The summed E-state index contributed by atoms with van der Waals surface area (Å²) in [5.41, 5.74) is 1.33. The van der Waals surface area contributed by atoms with Crippen LogP contribution in [-0.2, 0) is 19.6 Å². The molecule has 1 aliphatic rings. The molecule has 152 valence electrons. The molecule has 1 heterocycles. The van der Waals surface area contributed by atoms with Gasteiger partial charge in [-0.05, 0) is 42.0 Å². The summed E-state index contributed by atoms with van der Waals surface area (Å²) in [5, 5.41) is 0. The molecule has 3 rings (SSSR count). The van der Waals surface area contributed by atoms with Crippen LogP contribution in [0.3, 0.4) is 0 Å². The van der Waals surface area contributed by atoms with Gasteiger partial charge in [-0.15, -0.1) is 0 Å². The van der Waals surface area contributed by atoms with Crippen molar-refractivity contribution in [2.24, 2.45) is 4.99 Å². The van der Waals surface area contributed by atoms with Gasteiger partial charge < -0.3 is 9.47 Å². The molecule has 0 aliphatic carbocycles. The van der Waals surface area contributed by atoms with Gasteiger partial charge in [0.05, 0.1) is 12.0 Å². The van der Waals surface area contributed by atoms with Gasteiger partial charge in [-0.3, -0.25) is 0 Å². The van der Waals surface area contributed by atoms with Crippen LogP contribution < -0.4 is 4.74 Å². The first-order chi connectivity index (χ1) is 13.9. The van der Waals surface area contributed by atoms with Crippen LogP contribution in [0.5, 0.6) is 5.75 Å². The lowest BCUT2D eigenvalue weighted by Gasteiger charge is -2.18. The Morgan fingerprint density at radius 1 is 1.10 bits per heavy atom. The highest BCUT2D eigenvalue weighted by Crippen LogP contribution is 2.23. The lowest BCUT2D eigenvalue weighted by molar-refractivity contribution is -0.129. The molecule has 7 nitrogen and oxygen atoms in total. The van der Waals surface area contributed by atoms with Crippen LogP contribution in [-0.4, -0.2) is 44.8 Å². The van der Waals surface area contributed by atoms with Crippen LogP contribution in [0, 0.1) is 0 Å². The molecule has 1 aliphatic heterocycles.